The van der Waals surface area contributed by atoms with Gasteiger partial charge in [0.15, 0.2) is 0 Å². The van der Waals surface area contributed by atoms with Gasteiger partial charge in [-0.25, -0.2) is 9.97 Å². The highest BCUT2D eigenvalue weighted by Crippen LogP contribution is 2.40. The predicted molar refractivity (Wildman–Crippen MR) is 182 cm³/mol. The minimum absolute atomic E-state index is 0.134. The number of aryl methyl sites for hydroxylation is 1. The summed E-state index contributed by atoms with van der Waals surface area (Å²) >= 11 is 6.42. The first-order chi connectivity index (χ1) is 23.4. The number of ether oxygens (including phenoxy) is 3. The van der Waals surface area contributed by atoms with Crippen molar-refractivity contribution >= 4 is 29.6 Å². The molecular formula is C34H44ClN10O3+. The third kappa shape index (κ3) is 7.13. The first-order valence-electron chi connectivity index (χ1n) is 16.8. The lowest BCUT2D eigenvalue weighted by Gasteiger charge is -2.43. The van der Waals surface area contributed by atoms with Crippen LogP contribution in [-0.2, 0) is 18.4 Å². The van der Waals surface area contributed by atoms with Gasteiger partial charge in [-0.05, 0) is 69.2 Å². The van der Waals surface area contributed by atoms with Crippen LogP contribution in [0.4, 0.5) is 11.6 Å². The molecule has 1 aliphatic carbocycles. The summed E-state index contributed by atoms with van der Waals surface area (Å²) in [6, 6.07) is 9.67. The third-order valence-electron chi connectivity index (χ3n) is 9.75. The van der Waals surface area contributed by atoms with Crippen LogP contribution >= 0.6 is 11.6 Å². The molecule has 13 nitrogen and oxygen atoms in total. The number of morpholine rings is 1. The van der Waals surface area contributed by atoms with Gasteiger partial charge in [-0.1, -0.05) is 17.7 Å². The highest BCUT2D eigenvalue weighted by molar-refractivity contribution is 6.32. The predicted octanol–water partition coefficient (Wildman–Crippen LogP) is 3.23. The van der Waals surface area contributed by atoms with Gasteiger partial charge in [0.05, 0.1) is 36.2 Å². The van der Waals surface area contributed by atoms with Crippen molar-refractivity contribution in [2.45, 2.75) is 82.3 Å². The second-order valence-electron chi connectivity index (χ2n) is 13.0. The molecule has 3 aliphatic rings. The summed E-state index contributed by atoms with van der Waals surface area (Å²) in [5, 5.41) is 13.1. The summed E-state index contributed by atoms with van der Waals surface area (Å²) in [6.07, 6.45) is 15.6. The fourth-order valence-electron chi connectivity index (χ4n) is 7.24. The monoisotopic (exact) mass is 675 g/mol. The van der Waals surface area contributed by atoms with Crippen molar-refractivity contribution in [2.75, 3.05) is 25.1 Å². The van der Waals surface area contributed by atoms with Crippen molar-refractivity contribution in [3.05, 3.63) is 59.8 Å². The molecular weight excluding hydrogens is 632 g/mol. The zero-order valence-corrected chi connectivity index (χ0v) is 28.2. The van der Waals surface area contributed by atoms with Gasteiger partial charge in [0.25, 0.3) is 5.88 Å². The minimum Gasteiger partial charge on any atom is -0.485 e. The van der Waals surface area contributed by atoms with Crippen LogP contribution in [0.25, 0.3) is 11.1 Å². The van der Waals surface area contributed by atoms with E-state index in [9.17, 15) is 0 Å². The molecule has 4 N–H and O–H groups in total. The molecule has 4 aromatic rings. The van der Waals surface area contributed by atoms with Gasteiger partial charge in [-0.2, -0.15) is 5.10 Å². The smallest absolute Gasteiger partial charge is 0.257 e. The van der Waals surface area contributed by atoms with Gasteiger partial charge in [0.2, 0.25) is 12.3 Å². The minimum atomic E-state index is -0.134. The summed E-state index contributed by atoms with van der Waals surface area (Å²) in [4.78, 5) is 15.0. The second kappa shape index (κ2) is 14.5. The van der Waals surface area contributed by atoms with Gasteiger partial charge < -0.3 is 19.5 Å². The van der Waals surface area contributed by atoms with Crippen molar-refractivity contribution in [3.63, 3.8) is 0 Å². The van der Waals surface area contributed by atoms with E-state index < -0.39 is 0 Å². The molecule has 5 heterocycles. The number of hydrogen-bond donors (Lipinski definition) is 3. The average molecular weight is 676 g/mol. The van der Waals surface area contributed by atoms with Crippen molar-refractivity contribution in [1.82, 2.24) is 34.4 Å². The normalized spacial score (nSPS) is 23.4. The number of anilines is 2. The fraction of sp³-hybridized carbons (Fsp3) is 0.500. The molecule has 254 valence electrons. The molecule has 3 fully saturated rings. The zero-order chi connectivity index (χ0) is 33.0. The summed E-state index contributed by atoms with van der Waals surface area (Å²) in [5.74, 6) is 1.53. The van der Waals surface area contributed by atoms with Crippen LogP contribution in [0, 0.1) is 0 Å². The van der Waals surface area contributed by atoms with Crippen LogP contribution < -0.4 is 25.5 Å². The standard InChI is InChI=1S/C34H43ClN10O3/c1-22(14-37-21-36)48-32-13-23(3-10-30(32)35)24-15-38-34(39-16-24)41-31-17-44(42-33(31)47-20-27-11-12-40-43(27)2)25-4-6-26(7-5-25)45-28-8-9-29(45)19-46-18-28/h3,10-13,15-17,21-22,25-26,28-29H,4-9,14,18-20H2,1-2H3,(H2,36,37)(H,38,39,41)/p+1/t22-,25?,26?,28-,29+/m0/s1. The van der Waals surface area contributed by atoms with Gasteiger partial charge in [0.1, 0.15) is 30.7 Å². The molecule has 14 heteroatoms. The molecule has 1 saturated carbocycles. The van der Waals surface area contributed by atoms with E-state index in [1.807, 2.05) is 44.4 Å². The van der Waals surface area contributed by atoms with Crippen LogP contribution in [0.15, 0.2) is 49.1 Å². The molecule has 7 rings (SSSR count). The summed E-state index contributed by atoms with van der Waals surface area (Å²) in [6.45, 7) is 4.60. The van der Waals surface area contributed by atoms with Gasteiger partial charge >= 0.3 is 0 Å². The van der Waals surface area contributed by atoms with Gasteiger partial charge in [0, 0.05) is 49.3 Å². The van der Waals surface area contributed by atoms with E-state index >= 15 is 0 Å². The number of nitrogens with two attached hydrogens (primary N) is 1. The molecule has 3 aromatic heterocycles. The summed E-state index contributed by atoms with van der Waals surface area (Å²) in [5.41, 5.74) is 8.82. The number of rotatable bonds is 12. The molecule has 2 bridgehead atoms. The topological polar surface area (TPSA) is 144 Å². The number of halogens is 1. The van der Waals surface area contributed by atoms with Crippen molar-refractivity contribution in [2.24, 2.45) is 12.8 Å². The maximum absolute atomic E-state index is 6.42. The summed E-state index contributed by atoms with van der Waals surface area (Å²) in [7, 11) is 1.90. The van der Waals surface area contributed by atoms with E-state index in [2.05, 4.69) is 35.0 Å². The fourth-order valence-corrected chi connectivity index (χ4v) is 7.41. The van der Waals surface area contributed by atoms with E-state index in [0.717, 1.165) is 61.4 Å². The Labute approximate surface area is 285 Å². The van der Waals surface area contributed by atoms with Crippen molar-refractivity contribution in [1.29, 1.82) is 0 Å². The Morgan fingerprint density at radius 3 is 2.48 bits per heavy atom. The maximum atomic E-state index is 6.42. The number of nitrogens with one attached hydrogen (secondary N) is 2. The molecule has 1 aromatic carbocycles. The van der Waals surface area contributed by atoms with Crippen LogP contribution in [-0.4, -0.2) is 84.8 Å². The van der Waals surface area contributed by atoms with Gasteiger partial charge in [-0.15, -0.1) is 5.10 Å². The van der Waals surface area contributed by atoms with Crippen molar-refractivity contribution in [3.8, 4) is 22.8 Å². The third-order valence-corrected chi connectivity index (χ3v) is 10.1. The molecule has 2 saturated heterocycles. The number of fused-ring (bicyclic) bond motifs is 2. The number of aromatic nitrogens is 6. The number of nitrogens with zero attached hydrogens (tertiary/aromatic N) is 7. The average Bonchev–Trinajstić information content (AvgIpc) is 3.78. The van der Waals surface area contributed by atoms with E-state index in [0.29, 0.717) is 59.9 Å². The Hall–Kier alpha value is -4.20. The number of benzene rings is 1. The Kier molecular flexibility index (Phi) is 9.78. The van der Waals surface area contributed by atoms with E-state index in [4.69, 9.17) is 36.6 Å². The SMILES string of the molecule is C[C@@H](C[NH+]=CN)Oc1cc(-c2cnc(Nc3cn(C4CCC(N5[C@@H]6CC[C@H]5COC6)CC4)nc3OCc3ccnn3C)nc2)ccc1Cl. The summed E-state index contributed by atoms with van der Waals surface area (Å²) < 4.78 is 22.0. The Morgan fingerprint density at radius 1 is 1.04 bits per heavy atom. The number of hydrogen-bond acceptors (Lipinski definition) is 9. The second-order valence-corrected chi connectivity index (χ2v) is 13.4. The first-order valence-corrected chi connectivity index (χ1v) is 17.2. The van der Waals surface area contributed by atoms with E-state index in [1.165, 1.54) is 19.2 Å². The molecule has 48 heavy (non-hydrogen) atoms. The molecule has 2 aliphatic heterocycles. The zero-order valence-electron chi connectivity index (χ0n) is 27.5. The molecule has 3 atom stereocenters. The van der Waals surface area contributed by atoms with Crippen LogP contribution in [0.5, 0.6) is 11.6 Å². The van der Waals surface area contributed by atoms with E-state index in [-0.39, 0.29) is 6.10 Å². The quantitative estimate of drug-likeness (QED) is 0.151. The highest BCUT2D eigenvalue weighted by atomic mass is 35.5. The Morgan fingerprint density at radius 2 is 1.77 bits per heavy atom. The lowest BCUT2D eigenvalue weighted by atomic mass is 9.89. The molecule has 0 radical (unpaired) electrons. The molecule has 0 amide bonds. The van der Waals surface area contributed by atoms with E-state index in [1.54, 1.807) is 23.3 Å². The lowest BCUT2D eigenvalue weighted by Crippen LogP contribution is -2.73. The van der Waals surface area contributed by atoms with Crippen LogP contribution in [0.3, 0.4) is 0 Å². The highest BCUT2D eigenvalue weighted by Gasteiger charge is 2.42. The molecule has 0 spiro atoms. The maximum Gasteiger partial charge on any atom is 0.257 e. The molecule has 0 unspecified atom stereocenters. The van der Waals surface area contributed by atoms with Gasteiger partial charge in [-0.3, -0.25) is 25.0 Å². The van der Waals surface area contributed by atoms with Crippen molar-refractivity contribution < 1.29 is 19.2 Å². The first kappa shape index (κ1) is 32.4. The lowest BCUT2D eigenvalue weighted by molar-refractivity contribution is -0.462. The Bertz CT molecular complexity index is 1690. The van der Waals surface area contributed by atoms with Crippen LogP contribution in [0.2, 0.25) is 5.02 Å². The Balaban J connectivity index is 1.05. The van der Waals surface area contributed by atoms with Crippen LogP contribution in [0.1, 0.15) is 57.2 Å². The largest absolute Gasteiger partial charge is 0.485 e.